The first kappa shape index (κ1) is 15.4. The van der Waals surface area contributed by atoms with Crippen LogP contribution in [0, 0.1) is 5.92 Å². The Bertz CT molecular complexity index is 404. The number of aliphatic carboxylic acids is 1. The largest absolute Gasteiger partial charge is 0.481 e. The molecule has 0 aromatic carbocycles. The van der Waals surface area contributed by atoms with Crippen LogP contribution in [0.4, 0.5) is 0 Å². The Morgan fingerprint density at radius 3 is 2.61 bits per heavy atom. The second kappa shape index (κ2) is 5.54. The van der Waals surface area contributed by atoms with Crippen LogP contribution in [-0.4, -0.2) is 55.4 Å². The molecule has 18 heavy (non-hydrogen) atoms. The molecule has 0 bridgehead atoms. The highest BCUT2D eigenvalue weighted by atomic mass is 32.2. The van der Waals surface area contributed by atoms with E-state index in [9.17, 15) is 13.2 Å². The van der Waals surface area contributed by atoms with Crippen molar-refractivity contribution >= 4 is 16.0 Å². The van der Waals surface area contributed by atoms with Crippen LogP contribution in [0.3, 0.4) is 0 Å². The zero-order valence-corrected chi connectivity index (χ0v) is 11.9. The summed E-state index contributed by atoms with van der Waals surface area (Å²) >= 11 is 0. The van der Waals surface area contributed by atoms with Crippen molar-refractivity contribution in [2.24, 2.45) is 5.92 Å². The van der Waals surface area contributed by atoms with Crippen LogP contribution in [0.25, 0.3) is 0 Å². The molecule has 0 aromatic heterocycles. The maximum Gasteiger partial charge on any atom is 0.307 e. The lowest BCUT2D eigenvalue weighted by molar-refractivity contribution is -0.142. The molecule has 1 atom stereocenters. The molecular formula is C11H21NO5S. The van der Waals surface area contributed by atoms with Gasteiger partial charge in [0, 0.05) is 20.2 Å². The van der Waals surface area contributed by atoms with E-state index >= 15 is 0 Å². The smallest absolute Gasteiger partial charge is 0.307 e. The molecule has 6 nitrogen and oxygen atoms in total. The third kappa shape index (κ3) is 3.93. The molecule has 1 unspecified atom stereocenters. The van der Waals surface area contributed by atoms with Crippen molar-refractivity contribution < 1.29 is 23.1 Å². The Hall–Kier alpha value is -0.660. The van der Waals surface area contributed by atoms with E-state index in [1.54, 1.807) is 13.8 Å². The molecular weight excluding hydrogens is 258 g/mol. The molecule has 1 N–H and O–H groups in total. The van der Waals surface area contributed by atoms with E-state index in [2.05, 4.69) is 0 Å². The second-order valence-electron chi connectivity index (χ2n) is 5.26. The lowest BCUT2D eigenvalue weighted by Gasteiger charge is -2.32. The summed E-state index contributed by atoms with van der Waals surface area (Å²) in [5.74, 6) is -1.66. The summed E-state index contributed by atoms with van der Waals surface area (Å²) in [5.41, 5.74) is -0.769. The molecule has 0 aliphatic carbocycles. The Morgan fingerprint density at radius 2 is 2.11 bits per heavy atom. The molecule has 106 valence electrons. The number of carbonyl (C=O) groups is 1. The van der Waals surface area contributed by atoms with Crippen LogP contribution < -0.4 is 0 Å². The number of carboxylic acid groups (broad SMARTS) is 1. The highest BCUT2D eigenvalue weighted by Crippen LogP contribution is 2.22. The summed E-state index contributed by atoms with van der Waals surface area (Å²) in [7, 11) is -2.01. The zero-order chi connectivity index (χ0) is 14.0. The van der Waals surface area contributed by atoms with Crippen molar-refractivity contribution in [2.45, 2.75) is 32.3 Å². The summed E-state index contributed by atoms with van der Waals surface area (Å²) in [5, 5.41) is 8.95. The van der Waals surface area contributed by atoms with Crippen LogP contribution in [-0.2, 0) is 19.6 Å². The zero-order valence-electron chi connectivity index (χ0n) is 11.0. The predicted octanol–water partition coefficient (Wildman–Crippen LogP) is 0.538. The van der Waals surface area contributed by atoms with Gasteiger partial charge in [-0.15, -0.1) is 0 Å². The summed E-state index contributed by atoms with van der Waals surface area (Å²) in [6.45, 7) is 3.86. The molecule has 0 saturated carbocycles. The molecule has 1 aliphatic rings. The predicted molar refractivity (Wildman–Crippen MR) is 66.8 cm³/mol. The summed E-state index contributed by atoms with van der Waals surface area (Å²) < 4.78 is 30.8. The van der Waals surface area contributed by atoms with Crippen molar-refractivity contribution in [3.05, 3.63) is 0 Å². The number of methoxy groups -OCH3 is 1. The van der Waals surface area contributed by atoms with Crippen molar-refractivity contribution in [1.82, 2.24) is 4.31 Å². The van der Waals surface area contributed by atoms with Gasteiger partial charge in [-0.1, -0.05) is 0 Å². The summed E-state index contributed by atoms with van der Waals surface area (Å²) in [4.78, 5) is 10.9. The lowest BCUT2D eigenvalue weighted by Crippen LogP contribution is -2.47. The third-order valence-corrected chi connectivity index (χ3v) is 5.39. The minimum Gasteiger partial charge on any atom is -0.481 e. The van der Waals surface area contributed by atoms with E-state index in [0.717, 1.165) is 0 Å². The van der Waals surface area contributed by atoms with Gasteiger partial charge < -0.3 is 9.84 Å². The fourth-order valence-corrected chi connectivity index (χ4v) is 3.98. The molecule has 0 radical (unpaired) electrons. The number of hydrogen-bond donors (Lipinski definition) is 1. The molecule has 1 saturated heterocycles. The monoisotopic (exact) mass is 279 g/mol. The first-order valence-electron chi connectivity index (χ1n) is 5.94. The number of piperidine rings is 1. The lowest BCUT2D eigenvalue weighted by atomic mass is 10.0. The maximum atomic E-state index is 12.2. The quantitative estimate of drug-likeness (QED) is 0.794. The van der Waals surface area contributed by atoms with E-state index < -0.39 is 27.5 Å². The van der Waals surface area contributed by atoms with Gasteiger partial charge in [-0.25, -0.2) is 12.7 Å². The SMILES string of the molecule is COC(C)(C)CS(=O)(=O)N1CCCC(C(=O)O)C1. The molecule has 1 fully saturated rings. The first-order chi connectivity index (χ1) is 8.18. The standard InChI is InChI=1S/C11H21NO5S/c1-11(2,17-3)8-18(15,16)12-6-4-5-9(7-12)10(13)14/h9H,4-8H2,1-3H3,(H,13,14). The maximum absolute atomic E-state index is 12.2. The molecule has 0 spiro atoms. The van der Waals surface area contributed by atoms with E-state index in [4.69, 9.17) is 9.84 Å². The highest BCUT2D eigenvalue weighted by molar-refractivity contribution is 7.89. The Labute approximate surface area is 108 Å². The average Bonchev–Trinajstić information content (AvgIpc) is 2.28. The van der Waals surface area contributed by atoms with Gasteiger partial charge in [0.15, 0.2) is 0 Å². The number of rotatable bonds is 5. The van der Waals surface area contributed by atoms with E-state index in [-0.39, 0.29) is 12.3 Å². The van der Waals surface area contributed by atoms with Crippen molar-refractivity contribution in [2.75, 3.05) is 26.0 Å². The van der Waals surface area contributed by atoms with Gasteiger partial charge in [-0.05, 0) is 26.7 Å². The van der Waals surface area contributed by atoms with Gasteiger partial charge in [-0.3, -0.25) is 4.79 Å². The van der Waals surface area contributed by atoms with Gasteiger partial charge >= 0.3 is 5.97 Å². The van der Waals surface area contributed by atoms with Gasteiger partial charge in [0.1, 0.15) is 0 Å². The molecule has 1 aliphatic heterocycles. The third-order valence-electron chi connectivity index (χ3n) is 3.21. The van der Waals surface area contributed by atoms with Gasteiger partial charge in [0.25, 0.3) is 0 Å². The van der Waals surface area contributed by atoms with Crippen LogP contribution in [0.2, 0.25) is 0 Å². The Kier molecular flexibility index (Phi) is 4.74. The summed E-state index contributed by atoms with van der Waals surface area (Å²) in [6.07, 6.45) is 1.12. The van der Waals surface area contributed by atoms with Gasteiger partial charge in [0.05, 0.1) is 17.3 Å². The highest BCUT2D eigenvalue weighted by Gasteiger charge is 2.35. The van der Waals surface area contributed by atoms with Crippen LogP contribution >= 0.6 is 0 Å². The average molecular weight is 279 g/mol. The van der Waals surface area contributed by atoms with Crippen molar-refractivity contribution in [3.8, 4) is 0 Å². The molecule has 0 amide bonds. The first-order valence-corrected chi connectivity index (χ1v) is 7.55. The normalized spacial score (nSPS) is 22.9. The van der Waals surface area contributed by atoms with Crippen molar-refractivity contribution in [3.63, 3.8) is 0 Å². The topological polar surface area (TPSA) is 83.9 Å². The summed E-state index contributed by atoms with van der Waals surface area (Å²) in [6, 6.07) is 0. The number of ether oxygens (including phenoxy) is 1. The van der Waals surface area contributed by atoms with Crippen LogP contribution in [0.15, 0.2) is 0 Å². The minimum atomic E-state index is -3.47. The van der Waals surface area contributed by atoms with E-state index in [1.807, 2.05) is 0 Å². The van der Waals surface area contributed by atoms with E-state index in [0.29, 0.717) is 19.4 Å². The van der Waals surface area contributed by atoms with Gasteiger partial charge in [0.2, 0.25) is 10.0 Å². The van der Waals surface area contributed by atoms with Crippen LogP contribution in [0.5, 0.6) is 0 Å². The second-order valence-corrected chi connectivity index (χ2v) is 7.22. The fraction of sp³-hybridized carbons (Fsp3) is 0.909. The molecule has 0 aromatic rings. The number of sulfonamides is 1. The van der Waals surface area contributed by atoms with Crippen molar-refractivity contribution in [1.29, 1.82) is 0 Å². The molecule has 1 heterocycles. The number of nitrogens with zero attached hydrogens (tertiary/aromatic N) is 1. The Morgan fingerprint density at radius 1 is 1.50 bits per heavy atom. The van der Waals surface area contributed by atoms with Gasteiger partial charge in [-0.2, -0.15) is 0 Å². The Balaban J connectivity index is 2.76. The fourth-order valence-electron chi connectivity index (χ4n) is 1.99. The number of carboxylic acids is 1. The van der Waals surface area contributed by atoms with E-state index in [1.165, 1.54) is 11.4 Å². The molecule has 1 rings (SSSR count). The van der Waals surface area contributed by atoms with Crippen LogP contribution in [0.1, 0.15) is 26.7 Å². The number of hydrogen-bond acceptors (Lipinski definition) is 4. The molecule has 7 heteroatoms. The minimum absolute atomic E-state index is 0.0669.